The van der Waals surface area contributed by atoms with Crippen molar-refractivity contribution in [2.45, 2.75) is 76.8 Å². The van der Waals surface area contributed by atoms with Crippen LogP contribution in [-0.4, -0.2) is 64.6 Å². The lowest BCUT2D eigenvalue weighted by Crippen LogP contribution is -2.38. The van der Waals surface area contributed by atoms with Crippen molar-refractivity contribution in [3.63, 3.8) is 0 Å². The molecule has 0 saturated heterocycles. The molecule has 0 unspecified atom stereocenters. The molecule has 10 heteroatoms. The first-order valence-electron chi connectivity index (χ1n) is 13.1. The predicted molar refractivity (Wildman–Crippen MR) is 152 cm³/mol. The first-order valence-corrected chi connectivity index (χ1v) is 14.6. The highest BCUT2D eigenvalue weighted by atomic mass is 32.2. The van der Waals surface area contributed by atoms with Gasteiger partial charge in [0.25, 0.3) is 0 Å². The van der Waals surface area contributed by atoms with Gasteiger partial charge in [0.1, 0.15) is 28.3 Å². The minimum Gasteiger partial charge on any atom is -0.496 e. The lowest BCUT2D eigenvalue weighted by Gasteiger charge is -2.27. The van der Waals surface area contributed by atoms with Crippen LogP contribution >= 0.6 is 0 Å². The number of nitrogens with zero attached hydrogens (tertiary/aromatic N) is 1. The number of nitrogens with one attached hydrogen (secondary N) is 1. The number of carbonyl (C=O) groups excluding carboxylic acids is 2. The van der Waals surface area contributed by atoms with Gasteiger partial charge < -0.3 is 23.9 Å². The van der Waals surface area contributed by atoms with Gasteiger partial charge in [-0.2, -0.15) is 0 Å². The second-order valence-corrected chi connectivity index (χ2v) is 12.2. The molecule has 0 atom stereocenters. The highest BCUT2D eigenvalue weighted by molar-refractivity contribution is 7.89. The number of benzene rings is 2. The number of aldehydes is 1. The van der Waals surface area contributed by atoms with Crippen LogP contribution in [-0.2, 0) is 26.0 Å². The Morgan fingerprint density at radius 2 is 1.59 bits per heavy atom. The summed E-state index contributed by atoms with van der Waals surface area (Å²) in [6.07, 6.45) is 2.78. The van der Waals surface area contributed by atoms with Gasteiger partial charge in [-0.3, -0.25) is 0 Å². The molecule has 0 saturated carbocycles. The Bertz CT molecular complexity index is 1220. The molecule has 0 bridgehead atoms. The number of ether oxygens (including phenoxy) is 3. The monoisotopic (exact) mass is 562 g/mol. The van der Waals surface area contributed by atoms with E-state index in [-0.39, 0.29) is 16.7 Å². The summed E-state index contributed by atoms with van der Waals surface area (Å²) in [5.41, 5.74) is 1.72. The van der Waals surface area contributed by atoms with E-state index in [2.05, 4.69) is 4.72 Å². The van der Waals surface area contributed by atoms with Crippen LogP contribution in [0.5, 0.6) is 11.5 Å². The molecule has 0 fully saturated rings. The zero-order valence-electron chi connectivity index (χ0n) is 24.1. The molecule has 216 valence electrons. The molecular weight excluding hydrogens is 520 g/mol. The van der Waals surface area contributed by atoms with Gasteiger partial charge in [0.05, 0.1) is 14.2 Å². The third-order valence-electron chi connectivity index (χ3n) is 5.76. The molecule has 2 aromatic carbocycles. The fourth-order valence-corrected chi connectivity index (χ4v) is 5.45. The molecule has 0 radical (unpaired) electrons. The third-order valence-corrected chi connectivity index (χ3v) is 7.44. The lowest BCUT2D eigenvalue weighted by atomic mass is 10.0. The topological polar surface area (TPSA) is 111 Å². The van der Waals surface area contributed by atoms with Crippen LogP contribution in [0.15, 0.2) is 41.3 Å². The first kappa shape index (κ1) is 32.1. The fraction of sp³-hybridized carbons (Fsp3) is 0.517. The minimum atomic E-state index is -3.79. The Morgan fingerprint density at radius 3 is 2.15 bits per heavy atom. The second kappa shape index (κ2) is 14.3. The molecule has 0 aliphatic rings. The Morgan fingerprint density at radius 1 is 0.974 bits per heavy atom. The summed E-state index contributed by atoms with van der Waals surface area (Å²) >= 11 is 0. The number of unbranched alkanes of at least 4 members (excludes halogenated alkanes) is 2. The van der Waals surface area contributed by atoms with E-state index < -0.39 is 21.7 Å². The van der Waals surface area contributed by atoms with Crippen molar-refractivity contribution in [2.75, 3.05) is 27.3 Å². The maximum absolute atomic E-state index is 13.0. The summed E-state index contributed by atoms with van der Waals surface area (Å²) in [6.45, 7) is 9.83. The largest absolute Gasteiger partial charge is 0.496 e. The first-order chi connectivity index (χ1) is 18.3. The maximum atomic E-state index is 13.0. The van der Waals surface area contributed by atoms with Crippen LogP contribution in [0.4, 0.5) is 4.79 Å². The highest BCUT2D eigenvalue weighted by Gasteiger charge is 2.23. The SMILES string of the molecule is COc1ccc(-c2ccc(OC)c(S(=O)(=O)NC(C)C)c2)cc1CCN(CCCCC=O)C(=O)OC(C)(C)C. The quantitative estimate of drug-likeness (QED) is 0.249. The summed E-state index contributed by atoms with van der Waals surface area (Å²) < 4.78 is 45.0. The normalized spacial score (nSPS) is 11.8. The molecule has 0 spiro atoms. The molecule has 0 heterocycles. The van der Waals surface area contributed by atoms with Crippen molar-refractivity contribution >= 4 is 22.4 Å². The minimum absolute atomic E-state index is 0.0555. The van der Waals surface area contributed by atoms with Crippen LogP contribution in [0.25, 0.3) is 11.1 Å². The van der Waals surface area contributed by atoms with Gasteiger partial charge in [0, 0.05) is 25.6 Å². The average molecular weight is 563 g/mol. The average Bonchev–Trinajstić information content (AvgIpc) is 2.85. The molecule has 39 heavy (non-hydrogen) atoms. The van der Waals surface area contributed by atoms with Gasteiger partial charge in [-0.15, -0.1) is 0 Å². The lowest BCUT2D eigenvalue weighted by molar-refractivity contribution is -0.107. The van der Waals surface area contributed by atoms with E-state index in [4.69, 9.17) is 14.2 Å². The van der Waals surface area contributed by atoms with E-state index in [0.29, 0.717) is 50.1 Å². The van der Waals surface area contributed by atoms with Crippen molar-refractivity contribution in [1.29, 1.82) is 0 Å². The van der Waals surface area contributed by atoms with E-state index in [1.54, 1.807) is 44.1 Å². The molecule has 9 nitrogen and oxygen atoms in total. The summed E-state index contributed by atoms with van der Waals surface area (Å²) in [5.74, 6) is 0.912. The van der Waals surface area contributed by atoms with Crippen molar-refractivity contribution in [2.24, 2.45) is 0 Å². The van der Waals surface area contributed by atoms with Gasteiger partial charge in [0.2, 0.25) is 10.0 Å². The van der Waals surface area contributed by atoms with Crippen molar-refractivity contribution < 1.29 is 32.2 Å². The Hall–Kier alpha value is -3.11. The van der Waals surface area contributed by atoms with E-state index in [9.17, 15) is 18.0 Å². The summed E-state index contributed by atoms with van der Waals surface area (Å²) in [7, 11) is -0.777. The maximum Gasteiger partial charge on any atom is 0.410 e. The number of carbonyl (C=O) groups is 2. The fourth-order valence-electron chi connectivity index (χ4n) is 4.00. The Balaban J connectivity index is 2.38. The summed E-state index contributed by atoms with van der Waals surface area (Å²) in [5, 5.41) is 0. The number of sulfonamides is 1. The molecule has 1 amide bonds. The van der Waals surface area contributed by atoms with Crippen LogP contribution < -0.4 is 14.2 Å². The third kappa shape index (κ3) is 9.85. The molecule has 0 aliphatic heterocycles. The van der Waals surface area contributed by atoms with Crippen LogP contribution in [0.2, 0.25) is 0 Å². The molecule has 0 aliphatic carbocycles. The van der Waals surface area contributed by atoms with Gasteiger partial charge in [-0.05, 0) is 94.8 Å². The molecule has 2 rings (SSSR count). The predicted octanol–water partition coefficient (Wildman–Crippen LogP) is 5.21. The smallest absolute Gasteiger partial charge is 0.410 e. The second-order valence-electron chi connectivity index (χ2n) is 10.5. The molecule has 1 N–H and O–H groups in total. The summed E-state index contributed by atoms with van der Waals surface area (Å²) in [6, 6.07) is 10.4. The summed E-state index contributed by atoms with van der Waals surface area (Å²) in [4.78, 5) is 25.3. The van der Waals surface area contributed by atoms with Gasteiger partial charge in [0.15, 0.2) is 0 Å². The Labute approximate surface area is 232 Å². The van der Waals surface area contributed by atoms with E-state index in [1.807, 2.05) is 39.0 Å². The van der Waals surface area contributed by atoms with Crippen LogP contribution in [0.1, 0.15) is 59.4 Å². The van der Waals surface area contributed by atoms with E-state index >= 15 is 0 Å². The van der Waals surface area contributed by atoms with E-state index in [0.717, 1.165) is 17.4 Å². The van der Waals surface area contributed by atoms with E-state index in [1.165, 1.54) is 7.11 Å². The van der Waals surface area contributed by atoms with Gasteiger partial charge >= 0.3 is 6.09 Å². The molecule has 0 aromatic heterocycles. The number of rotatable bonds is 14. The number of amides is 1. The zero-order chi connectivity index (χ0) is 29.2. The van der Waals surface area contributed by atoms with Crippen molar-refractivity contribution in [3.8, 4) is 22.6 Å². The van der Waals surface area contributed by atoms with Crippen LogP contribution in [0, 0.1) is 0 Å². The zero-order valence-corrected chi connectivity index (χ0v) is 24.9. The number of hydrogen-bond donors (Lipinski definition) is 1. The van der Waals surface area contributed by atoms with Crippen molar-refractivity contribution in [3.05, 3.63) is 42.0 Å². The van der Waals surface area contributed by atoms with Crippen LogP contribution in [0.3, 0.4) is 0 Å². The molecule has 2 aromatic rings. The Kier molecular flexibility index (Phi) is 11.8. The molecular formula is C29H42N2O7S. The highest BCUT2D eigenvalue weighted by Crippen LogP contribution is 2.32. The van der Waals surface area contributed by atoms with Gasteiger partial charge in [-0.25, -0.2) is 17.9 Å². The standard InChI is InChI=1S/C29H42N2O7S/c1-21(2)30-39(34,35)27-20-23(12-14-26(27)37-7)22-11-13-25(36-6)24(19-22)15-17-31(16-9-8-10-18-32)28(33)38-29(3,4)5/h11-14,18-21,30H,8-10,15-17H2,1-7H3. The van der Waals surface area contributed by atoms with Crippen molar-refractivity contribution in [1.82, 2.24) is 9.62 Å². The number of hydrogen-bond acceptors (Lipinski definition) is 7. The van der Waals surface area contributed by atoms with Gasteiger partial charge in [-0.1, -0.05) is 12.1 Å². The number of methoxy groups -OCH3 is 2.